The Morgan fingerprint density at radius 3 is 2.79 bits per heavy atom. The maximum absolute atomic E-state index is 12.3. The largest absolute Gasteiger partial charge is 0.469 e. The number of anilines is 1. The minimum Gasteiger partial charge on any atom is -0.469 e. The van der Waals surface area contributed by atoms with E-state index in [0.717, 1.165) is 37.5 Å². The highest BCUT2D eigenvalue weighted by Crippen LogP contribution is 2.23. The lowest BCUT2D eigenvalue weighted by Crippen LogP contribution is -2.37. The van der Waals surface area contributed by atoms with Gasteiger partial charge in [0.05, 0.1) is 13.2 Å². The van der Waals surface area contributed by atoms with Crippen molar-refractivity contribution in [3.8, 4) is 5.19 Å². The fraction of sp³-hybridized carbons (Fsp3) is 0.533. The van der Waals surface area contributed by atoms with Gasteiger partial charge in [-0.05, 0) is 38.9 Å². The zero-order valence-electron chi connectivity index (χ0n) is 13.5. The number of likely N-dealkylation sites (tertiary alicyclic amines) is 1. The van der Waals surface area contributed by atoms with Crippen molar-refractivity contribution in [1.82, 2.24) is 25.1 Å². The molecule has 0 radical (unpaired) electrons. The Morgan fingerprint density at radius 1 is 1.33 bits per heavy atom. The average Bonchev–Trinajstić information content (AvgIpc) is 3.04. The van der Waals surface area contributed by atoms with Gasteiger partial charge in [0.25, 0.3) is 5.19 Å². The Morgan fingerprint density at radius 2 is 2.08 bits per heavy atom. The molecular weight excluding hydrogens is 328 g/mol. The average molecular weight is 348 g/mol. The second-order valence-corrected chi connectivity index (χ2v) is 6.53. The Hall–Kier alpha value is -2.13. The molecule has 1 N–H and O–H groups in total. The summed E-state index contributed by atoms with van der Waals surface area (Å²) < 4.78 is 5.34. The van der Waals surface area contributed by atoms with Crippen LogP contribution in [0, 0.1) is 5.92 Å². The molecule has 1 aliphatic rings. The first-order valence-electron chi connectivity index (χ1n) is 8.00. The van der Waals surface area contributed by atoms with E-state index in [9.17, 15) is 4.79 Å². The smallest absolute Gasteiger partial charge is 0.294 e. The van der Waals surface area contributed by atoms with Crippen molar-refractivity contribution in [3.63, 3.8) is 0 Å². The molecule has 24 heavy (non-hydrogen) atoms. The van der Waals surface area contributed by atoms with Gasteiger partial charge >= 0.3 is 0 Å². The normalized spacial score (nSPS) is 16.0. The van der Waals surface area contributed by atoms with Gasteiger partial charge in [-0.1, -0.05) is 11.3 Å². The summed E-state index contributed by atoms with van der Waals surface area (Å²) in [6.45, 7) is 4.99. The second kappa shape index (κ2) is 8.11. The van der Waals surface area contributed by atoms with E-state index in [-0.39, 0.29) is 11.8 Å². The van der Waals surface area contributed by atoms with Gasteiger partial charge in [0, 0.05) is 18.3 Å². The molecule has 128 valence electrons. The Kier molecular flexibility index (Phi) is 5.65. The van der Waals surface area contributed by atoms with Crippen LogP contribution in [-0.4, -0.2) is 50.7 Å². The van der Waals surface area contributed by atoms with E-state index in [1.54, 1.807) is 18.5 Å². The summed E-state index contributed by atoms with van der Waals surface area (Å²) in [5.41, 5.74) is 0. The van der Waals surface area contributed by atoms with E-state index in [4.69, 9.17) is 4.74 Å². The molecule has 1 fully saturated rings. The standard InChI is InChI=1S/C15H20N6O2S/c1-2-23-15-20-19-12(24-15)10-21-8-4-11(5-9-21)13(22)18-14-16-6-3-7-17-14/h3,6-7,11H,2,4-5,8-10H2,1H3,(H,16,17,18,22). The second-order valence-electron chi connectivity index (χ2n) is 5.51. The lowest BCUT2D eigenvalue weighted by Gasteiger charge is -2.30. The fourth-order valence-electron chi connectivity index (χ4n) is 2.60. The number of hydrogen-bond acceptors (Lipinski definition) is 8. The first-order chi connectivity index (χ1) is 11.7. The Bertz CT molecular complexity index is 657. The predicted molar refractivity (Wildman–Crippen MR) is 89.7 cm³/mol. The first-order valence-corrected chi connectivity index (χ1v) is 8.81. The molecule has 3 rings (SSSR count). The van der Waals surface area contributed by atoms with Gasteiger partial charge in [-0.2, -0.15) is 0 Å². The molecule has 3 heterocycles. The highest BCUT2D eigenvalue weighted by molar-refractivity contribution is 7.13. The topological polar surface area (TPSA) is 93.1 Å². The third-order valence-electron chi connectivity index (χ3n) is 3.83. The van der Waals surface area contributed by atoms with Crippen LogP contribution >= 0.6 is 11.3 Å². The van der Waals surface area contributed by atoms with Gasteiger partial charge < -0.3 is 4.74 Å². The van der Waals surface area contributed by atoms with Gasteiger partial charge in [0.1, 0.15) is 5.01 Å². The molecular formula is C15H20N6O2S. The number of ether oxygens (including phenoxy) is 1. The van der Waals surface area contributed by atoms with Gasteiger partial charge in [-0.25, -0.2) is 9.97 Å². The number of amides is 1. The number of carbonyl (C=O) groups excluding carboxylic acids is 1. The van der Waals surface area contributed by atoms with E-state index in [1.165, 1.54) is 11.3 Å². The number of rotatable bonds is 6. The Labute approximate surface area is 144 Å². The van der Waals surface area contributed by atoms with Crippen molar-refractivity contribution in [2.45, 2.75) is 26.3 Å². The summed E-state index contributed by atoms with van der Waals surface area (Å²) in [5.74, 6) is 0.358. The lowest BCUT2D eigenvalue weighted by atomic mass is 9.96. The van der Waals surface area contributed by atoms with Crippen LogP contribution in [0.2, 0.25) is 0 Å². The van der Waals surface area contributed by atoms with Gasteiger partial charge in [0.15, 0.2) is 0 Å². The molecule has 1 saturated heterocycles. The van der Waals surface area contributed by atoms with Gasteiger partial charge in [0.2, 0.25) is 11.9 Å². The first kappa shape index (κ1) is 16.7. The highest BCUT2D eigenvalue weighted by atomic mass is 32.1. The molecule has 0 spiro atoms. The molecule has 1 amide bonds. The van der Waals surface area contributed by atoms with Crippen LogP contribution in [0.15, 0.2) is 18.5 Å². The van der Waals surface area contributed by atoms with E-state index >= 15 is 0 Å². The summed E-state index contributed by atoms with van der Waals surface area (Å²) in [4.78, 5) is 22.6. The van der Waals surface area contributed by atoms with Crippen LogP contribution in [0.25, 0.3) is 0 Å². The van der Waals surface area contributed by atoms with Gasteiger partial charge in [-0.15, -0.1) is 10.2 Å². The molecule has 1 aliphatic heterocycles. The SMILES string of the molecule is CCOc1nnc(CN2CCC(C(=O)Nc3ncccn3)CC2)s1. The van der Waals surface area contributed by atoms with E-state index < -0.39 is 0 Å². The minimum absolute atomic E-state index is 0.00142. The van der Waals surface area contributed by atoms with Crippen LogP contribution in [0.1, 0.15) is 24.8 Å². The Balaban J connectivity index is 1.45. The number of carbonyl (C=O) groups is 1. The molecule has 0 unspecified atom stereocenters. The van der Waals surface area contributed by atoms with Crippen molar-refractivity contribution in [3.05, 3.63) is 23.5 Å². The maximum atomic E-state index is 12.3. The van der Waals surface area contributed by atoms with Crippen molar-refractivity contribution >= 4 is 23.2 Å². The quantitative estimate of drug-likeness (QED) is 0.847. The number of nitrogens with one attached hydrogen (secondary N) is 1. The molecule has 0 bridgehead atoms. The van der Waals surface area contributed by atoms with Crippen LogP contribution < -0.4 is 10.1 Å². The van der Waals surface area contributed by atoms with Crippen molar-refractivity contribution in [2.75, 3.05) is 25.0 Å². The maximum Gasteiger partial charge on any atom is 0.294 e. The summed E-state index contributed by atoms with van der Waals surface area (Å²) in [6, 6.07) is 1.72. The number of aromatic nitrogens is 4. The third-order valence-corrected chi connectivity index (χ3v) is 4.65. The summed E-state index contributed by atoms with van der Waals surface area (Å²) in [5, 5.41) is 12.5. The number of piperidine rings is 1. The molecule has 8 nitrogen and oxygen atoms in total. The van der Waals surface area contributed by atoms with Crippen LogP contribution in [-0.2, 0) is 11.3 Å². The van der Waals surface area contributed by atoms with E-state index in [2.05, 4.69) is 30.4 Å². The summed E-state index contributed by atoms with van der Waals surface area (Å²) in [7, 11) is 0. The van der Waals surface area contributed by atoms with E-state index in [1.807, 2.05) is 6.92 Å². The lowest BCUT2D eigenvalue weighted by molar-refractivity contribution is -0.121. The van der Waals surface area contributed by atoms with Crippen molar-refractivity contribution < 1.29 is 9.53 Å². The number of hydrogen-bond donors (Lipinski definition) is 1. The van der Waals surface area contributed by atoms with E-state index in [0.29, 0.717) is 17.7 Å². The van der Waals surface area contributed by atoms with Gasteiger partial charge in [-0.3, -0.25) is 15.0 Å². The summed E-state index contributed by atoms with van der Waals surface area (Å²) in [6.07, 6.45) is 4.86. The summed E-state index contributed by atoms with van der Waals surface area (Å²) >= 11 is 1.48. The van der Waals surface area contributed by atoms with Crippen LogP contribution in [0.3, 0.4) is 0 Å². The molecule has 0 saturated carbocycles. The molecule has 0 aliphatic carbocycles. The minimum atomic E-state index is -0.00426. The zero-order valence-corrected chi connectivity index (χ0v) is 14.3. The predicted octanol–water partition coefficient (Wildman–Crippen LogP) is 1.58. The molecule has 9 heteroatoms. The third kappa shape index (κ3) is 4.45. The molecule has 0 aromatic carbocycles. The molecule has 2 aromatic heterocycles. The molecule has 0 atom stereocenters. The van der Waals surface area contributed by atoms with Crippen LogP contribution in [0.5, 0.6) is 5.19 Å². The number of nitrogens with zero attached hydrogens (tertiary/aromatic N) is 5. The highest BCUT2D eigenvalue weighted by Gasteiger charge is 2.26. The molecule has 2 aromatic rings. The van der Waals surface area contributed by atoms with Crippen molar-refractivity contribution in [1.29, 1.82) is 0 Å². The fourth-order valence-corrected chi connectivity index (χ4v) is 3.39. The van der Waals surface area contributed by atoms with Crippen LogP contribution in [0.4, 0.5) is 5.95 Å². The zero-order chi connectivity index (χ0) is 16.8. The van der Waals surface area contributed by atoms with Crippen molar-refractivity contribution in [2.24, 2.45) is 5.92 Å². The monoisotopic (exact) mass is 348 g/mol.